The van der Waals surface area contributed by atoms with Crippen LogP contribution >= 0.6 is 7.82 Å². The van der Waals surface area contributed by atoms with E-state index in [2.05, 4.69) is 10.3 Å². The van der Waals surface area contributed by atoms with Crippen LogP contribution in [0.15, 0.2) is 24.3 Å². The Kier molecular flexibility index (Phi) is 3.38. The first kappa shape index (κ1) is 11.6. The minimum atomic E-state index is -4.64. The van der Waals surface area contributed by atoms with Gasteiger partial charge in [0.2, 0.25) is 0 Å². The number of aromatic nitrogens is 3. The lowest BCUT2D eigenvalue weighted by Crippen LogP contribution is -1.90. The topological polar surface area (TPSA) is 129 Å². The first-order valence-electron chi connectivity index (χ1n) is 3.66. The molecule has 0 saturated carbocycles. The smallest absolute Gasteiger partial charge is 0.410 e. The van der Waals surface area contributed by atoms with Gasteiger partial charge in [-0.15, -0.1) is 5.10 Å². The van der Waals surface area contributed by atoms with E-state index in [0.29, 0.717) is 11.0 Å². The molecule has 0 amide bonds. The van der Waals surface area contributed by atoms with Gasteiger partial charge in [-0.1, -0.05) is 17.0 Å². The van der Waals surface area contributed by atoms with Gasteiger partial charge in [0, 0.05) is 0 Å². The second-order valence-electron chi connectivity index (χ2n) is 2.48. The van der Waals surface area contributed by atoms with Crippen molar-refractivity contribution in [3.8, 4) is 0 Å². The number of para-hydroxylation sites is 1. The van der Waals surface area contributed by atoms with Gasteiger partial charge in [0.15, 0.2) is 0 Å². The molecule has 4 N–H and O–H groups in total. The summed E-state index contributed by atoms with van der Waals surface area (Å²) < 4.78 is 8.88. The number of hydrogen-bond donors (Lipinski definition) is 4. The van der Waals surface area contributed by atoms with Crippen molar-refractivity contribution in [1.29, 1.82) is 0 Å². The van der Waals surface area contributed by atoms with Gasteiger partial charge >= 0.3 is 7.82 Å². The Bertz CT molecular complexity index is 484. The number of hydrogen-bond acceptors (Lipinski definition) is 4. The molecule has 0 aliphatic carbocycles. The number of nitrogens with zero attached hydrogens (tertiary/aromatic N) is 3. The van der Waals surface area contributed by atoms with E-state index in [0.717, 1.165) is 4.85 Å². The van der Waals surface area contributed by atoms with E-state index in [1.807, 2.05) is 12.1 Å². The predicted molar refractivity (Wildman–Crippen MR) is 49.0 cm³/mol. The zero-order valence-corrected chi connectivity index (χ0v) is 8.19. The molecule has 82 valence electrons. The van der Waals surface area contributed by atoms with Crippen molar-refractivity contribution in [2.24, 2.45) is 0 Å². The van der Waals surface area contributed by atoms with Crippen LogP contribution < -0.4 is 0 Å². The molecular weight excluding hydrogens is 225 g/mol. The van der Waals surface area contributed by atoms with E-state index in [9.17, 15) is 0 Å². The third-order valence-electron chi connectivity index (χ3n) is 1.33. The molecule has 0 unspecified atom stereocenters. The second kappa shape index (κ2) is 4.37. The number of benzene rings is 1. The number of phosphoric acid groups is 1. The monoisotopic (exact) mass is 233 g/mol. The van der Waals surface area contributed by atoms with Gasteiger partial charge < -0.3 is 19.9 Å². The Hall–Kier alpha value is -1.47. The zero-order valence-electron chi connectivity index (χ0n) is 7.30. The summed E-state index contributed by atoms with van der Waals surface area (Å²) in [6, 6.07) is 7.19. The van der Waals surface area contributed by atoms with Crippen LogP contribution in [0.25, 0.3) is 11.0 Å². The van der Waals surface area contributed by atoms with Crippen molar-refractivity contribution < 1.29 is 24.5 Å². The molecule has 0 aliphatic heterocycles. The van der Waals surface area contributed by atoms with Crippen molar-refractivity contribution in [3.05, 3.63) is 24.3 Å². The molecule has 0 spiro atoms. The van der Waals surface area contributed by atoms with Gasteiger partial charge in [-0.3, -0.25) is 0 Å². The van der Waals surface area contributed by atoms with Crippen LogP contribution in [0.1, 0.15) is 0 Å². The summed E-state index contributed by atoms with van der Waals surface area (Å²) in [6.07, 6.45) is 0. The SMILES string of the molecule is O=P(O)(O)O.On1nnc2ccccc21. The normalized spacial score (nSPS) is 10.9. The van der Waals surface area contributed by atoms with Crippen LogP contribution in [0.4, 0.5) is 0 Å². The Labute approximate surface area is 83.6 Å². The molecular formula is C6H8N3O5P. The maximum atomic E-state index is 8.95. The third kappa shape index (κ3) is 4.05. The molecule has 0 aliphatic rings. The average molecular weight is 233 g/mol. The number of rotatable bonds is 0. The van der Waals surface area contributed by atoms with Gasteiger partial charge in [0.25, 0.3) is 0 Å². The summed E-state index contributed by atoms with van der Waals surface area (Å²) in [4.78, 5) is 22.3. The maximum absolute atomic E-state index is 8.95. The van der Waals surface area contributed by atoms with E-state index in [4.69, 9.17) is 24.5 Å². The lowest BCUT2D eigenvalue weighted by Gasteiger charge is -1.85. The van der Waals surface area contributed by atoms with Crippen molar-refractivity contribution in [1.82, 2.24) is 15.2 Å². The highest BCUT2D eigenvalue weighted by Gasteiger charge is 2.00. The van der Waals surface area contributed by atoms with Crippen molar-refractivity contribution in [2.75, 3.05) is 0 Å². The molecule has 15 heavy (non-hydrogen) atoms. The van der Waals surface area contributed by atoms with Crippen LogP contribution in [0.5, 0.6) is 0 Å². The molecule has 8 nitrogen and oxygen atoms in total. The van der Waals surface area contributed by atoms with Crippen LogP contribution in [-0.2, 0) is 4.57 Å². The summed E-state index contributed by atoms with van der Waals surface area (Å²) in [5.41, 5.74) is 1.33. The van der Waals surface area contributed by atoms with E-state index in [-0.39, 0.29) is 0 Å². The Morgan fingerprint density at radius 2 is 1.73 bits per heavy atom. The first-order valence-corrected chi connectivity index (χ1v) is 5.22. The molecule has 0 saturated heterocycles. The van der Waals surface area contributed by atoms with Crippen molar-refractivity contribution in [2.45, 2.75) is 0 Å². The Balaban J connectivity index is 0.000000195. The molecule has 9 heteroatoms. The Morgan fingerprint density at radius 1 is 1.20 bits per heavy atom. The van der Waals surface area contributed by atoms with Crippen LogP contribution in [-0.4, -0.2) is 35.0 Å². The molecule has 1 heterocycles. The average Bonchev–Trinajstić information content (AvgIpc) is 2.46. The zero-order chi connectivity index (χ0) is 11.5. The van der Waals surface area contributed by atoms with E-state index >= 15 is 0 Å². The molecule has 0 fully saturated rings. The fourth-order valence-corrected chi connectivity index (χ4v) is 0.857. The standard InChI is InChI=1S/C6H5N3O.H3O4P/c10-9-6-4-2-1-3-5(6)7-8-9;1-5(2,3)4/h1-4,10H;(H3,1,2,3,4). The Morgan fingerprint density at radius 3 is 2.27 bits per heavy atom. The van der Waals surface area contributed by atoms with Crippen molar-refractivity contribution in [3.63, 3.8) is 0 Å². The second-order valence-corrected chi connectivity index (χ2v) is 3.51. The molecule has 0 radical (unpaired) electrons. The maximum Gasteiger partial charge on any atom is 0.466 e. The fraction of sp³-hybridized carbons (Fsp3) is 0. The lowest BCUT2D eigenvalue weighted by atomic mass is 10.3. The first-order chi connectivity index (χ1) is 6.88. The molecule has 0 bridgehead atoms. The van der Waals surface area contributed by atoms with Crippen LogP contribution in [0.3, 0.4) is 0 Å². The minimum Gasteiger partial charge on any atom is -0.410 e. The third-order valence-corrected chi connectivity index (χ3v) is 1.33. The van der Waals surface area contributed by atoms with Gasteiger partial charge in [-0.25, -0.2) is 4.57 Å². The minimum absolute atomic E-state index is 0.627. The van der Waals surface area contributed by atoms with E-state index < -0.39 is 7.82 Å². The quantitative estimate of drug-likeness (QED) is 0.364. The van der Waals surface area contributed by atoms with Crippen molar-refractivity contribution >= 4 is 18.9 Å². The highest BCUT2D eigenvalue weighted by Crippen LogP contribution is 2.25. The largest absolute Gasteiger partial charge is 0.466 e. The van der Waals surface area contributed by atoms with Gasteiger partial charge in [-0.2, -0.15) is 0 Å². The summed E-state index contributed by atoms with van der Waals surface area (Å²) in [6.45, 7) is 0. The van der Waals surface area contributed by atoms with Crippen LogP contribution in [0.2, 0.25) is 0 Å². The highest BCUT2D eigenvalue weighted by atomic mass is 31.2. The summed E-state index contributed by atoms with van der Waals surface area (Å²) in [7, 11) is -4.64. The highest BCUT2D eigenvalue weighted by molar-refractivity contribution is 7.45. The summed E-state index contributed by atoms with van der Waals surface area (Å²) in [5.74, 6) is 0. The number of fused-ring (bicyclic) bond motifs is 1. The van der Waals surface area contributed by atoms with E-state index in [1.54, 1.807) is 12.1 Å². The summed E-state index contributed by atoms with van der Waals surface area (Å²) in [5, 5.41) is 16.1. The van der Waals surface area contributed by atoms with Gasteiger partial charge in [0.1, 0.15) is 11.0 Å². The van der Waals surface area contributed by atoms with E-state index in [1.165, 1.54) is 0 Å². The molecule has 0 atom stereocenters. The molecule has 1 aromatic carbocycles. The molecule has 2 rings (SSSR count). The molecule has 2 aromatic rings. The molecule has 1 aromatic heterocycles. The van der Waals surface area contributed by atoms with Gasteiger partial charge in [0.05, 0.1) is 0 Å². The summed E-state index contributed by atoms with van der Waals surface area (Å²) >= 11 is 0. The lowest BCUT2D eigenvalue weighted by molar-refractivity contribution is 0.154. The van der Waals surface area contributed by atoms with Gasteiger partial charge in [-0.05, 0) is 17.3 Å². The van der Waals surface area contributed by atoms with Crippen LogP contribution in [0, 0.1) is 0 Å². The fourth-order valence-electron chi connectivity index (χ4n) is 0.857. The predicted octanol–water partition coefficient (Wildman–Crippen LogP) is -0.260.